The lowest BCUT2D eigenvalue weighted by atomic mass is 9.85. The van der Waals surface area contributed by atoms with Crippen LogP contribution in [0.2, 0.25) is 0 Å². The van der Waals surface area contributed by atoms with Gasteiger partial charge in [0.15, 0.2) is 12.8 Å². The van der Waals surface area contributed by atoms with Crippen molar-refractivity contribution in [3.8, 4) is 12.3 Å². The van der Waals surface area contributed by atoms with Crippen molar-refractivity contribution < 1.29 is 33.5 Å². The van der Waals surface area contributed by atoms with Crippen LogP contribution in [0.15, 0.2) is 12.7 Å². The highest BCUT2D eigenvalue weighted by molar-refractivity contribution is 6.38. The molecule has 1 aliphatic heterocycles. The van der Waals surface area contributed by atoms with E-state index in [0.717, 1.165) is 0 Å². The van der Waals surface area contributed by atoms with Crippen LogP contribution in [-0.2, 0) is 28.8 Å². The molecule has 1 aliphatic rings. The molecule has 0 saturated carbocycles. The van der Waals surface area contributed by atoms with Gasteiger partial charge in [0.05, 0.1) is 0 Å². The van der Waals surface area contributed by atoms with Gasteiger partial charge in [0.2, 0.25) is 11.7 Å². The first kappa shape index (κ1) is 35.6. The van der Waals surface area contributed by atoms with Gasteiger partial charge in [-0.3, -0.25) is 19.2 Å². The zero-order valence-electron chi connectivity index (χ0n) is 25.4. The van der Waals surface area contributed by atoms with E-state index in [2.05, 4.69) is 33.9 Å². The maximum atomic E-state index is 13.8. The van der Waals surface area contributed by atoms with E-state index < -0.39 is 53.5 Å². The molecule has 12 nitrogen and oxygen atoms in total. The highest BCUT2D eigenvalue weighted by atomic mass is 16.7. The number of urea groups is 1. The Morgan fingerprint density at radius 1 is 1.17 bits per heavy atom. The number of Topliss-reactive ketones (excluding diaryl/α,β-unsaturated/α-hetero) is 1. The van der Waals surface area contributed by atoms with Gasteiger partial charge in [-0.25, -0.2) is 9.59 Å². The zero-order valence-corrected chi connectivity index (χ0v) is 25.4. The van der Waals surface area contributed by atoms with Crippen molar-refractivity contribution in [2.75, 3.05) is 19.7 Å². The lowest BCUT2D eigenvalue weighted by Gasteiger charge is -2.36. The first-order valence-electron chi connectivity index (χ1n) is 14.0. The van der Waals surface area contributed by atoms with Crippen LogP contribution in [0.3, 0.4) is 0 Å². The molecule has 1 saturated heterocycles. The van der Waals surface area contributed by atoms with E-state index in [1.807, 2.05) is 34.6 Å². The molecule has 0 spiro atoms. The summed E-state index contributed by atoms with van der Waals surface area (Å²) in [6, 6.07) is -3.56. The minimum atomic E-state index is -0.980. The van der Waals surface area contributed by atoms with Crippen LogP contribution in [0, 0.1) is 29.6 Å². The predicted octanol–water partition coefficient (Wildman–Crippen LogP) is 1.66. The van der Waals surface area contributed by atoms with E-state index >= 15 is 0 Å². The van der Waals surface area contributed by atoms with Crippen molar-refractivity contribution in [2.24, 2.45) is 17.3 Å². The fourth-order valence-corrected chi connectivity index (χ4v) is 4.27. The summed E-state index contributed by atoms with van der Waals surface area (Å²) >= 11 is 0. The van der Waals surface area contributed by atoms with Gasteiger partial charge in [-0.15, -0.1) is 13.0 Å². The summed E-state index contributed by atoms with van der Waals surface area (Å²) in [6.07, 6.45) is 7.34. The Kier molecular flexibility index (Phi) is 14.5. The van der Waals surface area contributed by atoms with E-state index in [0.29, 0.717) is 25.8 Å². The van der Waals surface area contributed by atoms with E-state index in [1.54, 1.807) is 13.8 Å². The molecule has 12 heteroatoms. The van der Waals surface area contributed by atoms with Crippen molar-refractivity contribution in [3.63, 3.8) is 0 Å². The summed E-state index contributed by atoms with van der Waals surface area (Å²) in [7, 11) is 0. The first-order valence-corrected chi connectivity index (χ1v) is 14.0. The number of hydroxylamine groups is 1. The lowest BCUT2D eigenvalue weighted by molar-refractivity contribution is -0.159. The predicted molar refractivity (Wildman–Crippen MR) is 154 cm³/mol. The number of likely N-dealkylation sites (tertiary alicyclic amines) is 1. The number of nitrogens with zero attached hydrogens (tertiary/aromatic N) is 1. The SMILES string of the molecule is C#CCOC(=O)C(NC(=O)NC(C(=O)N1C[C@H](C)C[C@H]1ONC(CCC)C(=O)C(=O)NCC=C)C(C)(C)C)C(C)C. The molecule has 1 rings (SSSR count). The van der Waals surface area contributed by atoms with Crippen molar-refractivity contribution in [1.82, 2.24) is 26.3 Å². The molecule has 0 aromatic carbocycles. The molecule has 230 valence electrons. The third kappa shape index (κ3) is 11.2. The van der Waals surface area contributed by atoms with Crippen LogP contribution in [-0.4, -0.2) is 78.5 Å². The van der Waals surface area contributed by atoms with Gasteiger partial charge < -0.3 is 25.6 Å². The van der Waals surface area contributed by atoms with Crippen molar-refractivity contribution in [1.29, 1.82) is 0 Å². The van der Waals surface area contributed by atoms with E-state index in [4.69, 9.17) is 16.0 Å². The van der Waals surface area contributed by atoms with Crippen LogP contribution < -0.4 is 21.4 Å². The second-order valence-corrected chi connectivity index (χ2v) is 11.7. The number of amides is 4. The Labute approximate surface area is 243 Å². The van der Waals surface area contributed by atoms with Gasteiger partial charge >= 0.3 is 12.0 Å². The molecule has 1 heterocycles. The number of esters is 1. The maximum Gasteiger partial charge on any atom is 0.329 e. The van der Waals surface area contributed by atoms with Gasteiger partial charge in [-0.2, -0.15) is 5.48 Å². The monoisotopic (exact) mass is 577 g/mol. The standard InChI is InChI=1S/C29H47N5O7/c1-10-13-20(23(35)25(36)30-14-11-2)33-41-21-16-19(6)17-34(21)26(37)24(29(7,8)9)32-28(39)31-22(18(4)5)27(38)40-15-12-3/h3,11,18-22,24,33H,2,10,13-17H2,1,4-9H3,(H,30,36)(H2,31,32,39)/t19-,20?,21-,22?,24?/m1/s1. The summed E-state index contributed by atoms with van der Waals surface area (Å²) in [4.78, 5) is 71.4. The largest absolute Gasteiger partial charge is 0.451 e. The van der Waals surface area contributed by atoms with Crippen LogP contribution in [0.1, 0.15) is 67.7 Å². The lowest BCUT2D eigenvalue weighted by Crippen LogP contribution is -2.60. The fraction of sp³-hybridized carbons (Fsp3) is 0.690. The van der Waals surface area contributed by atoms with Crippen molar-refractivity contribution >= 4 is 29.6 Å². The molecule has 0 aromatic heterocycles. The van der Waals surface area contributed by atoms with E-state index in [1.165, 1.54) is 11.0 Å². The Bertz CT molecular complexity index is 985. The Morgan fingerprint density at radius 3 is 2.37 bits per heavy atom. The average Bonchev–Trinajstić information content (AvgIpc) is 3.28. The number of ketones is 1. The van der Waals surface area contributed by atoms with Gasteiger partial charge in [-0.05, 0) is 30.1 Å². The summed E-state index contributed by atoms with van der Waals surface area (Å²) in [6.45, 7) is 16.6. The van der Waals surface area contributed by atoms with Crippen molar-refractivity contribution in [3.05, 3.63) is 12.7 Å². The average molecular weight is 578 g/mol. The topological polar surface area (TPSA) is 155 Å². The molecular formula is C29H47N5O7. The van der Waals surface area contributed by atoms with Crippen LogP contribution in [0.25, 0.3) is 0 Å². The number of ether oxygens (including phenoxy) is 1. The van der Waals surface area contributed by atoms with Gasteiger partial charge in [0.1, 0.15) is 18.1 Å². The molecule has 4 N–H and O–H groups in total. The molecule has 1 fully saturated rings. The first-order chi connectivity index (χ1) is 19.2. The molecule has 5 atom stereocenters. The Balaban J connectivity index is 3.04. The van der Waals surface area contributed by atoms with Crippen molar-refractivity contribution in [2.45, 2.75) is 92.1 Å². The number of hydrogen-bond acceptors (Lipinski definition) is 8. The molecule has 0 bridgehead atoms. The van der Waals surface area contributed by atoms with E-state index in [9.17, 15) is 24.0 Å². The summed E-state index contributed by atoms with van der Waals surface area (Å²) in [5, 5.41) is 7.79. The zero-order chi connectivity index (χ0) is 31.3. The molecule has 0 radical (unpaired) electrons. The summed E-state index contributed by atoms with van der Waals surface area (Å²) < 4.78 is 4.99. The van der Waals surface area contributed by atoms with Crippen LogP contribution in [0.5, 0.6) is 0 Å². The normalized spacial score (nSPS) is 19.0. The third-order valence-electron chi connectivity index (χ3n) is 6.51. The number of carbonyl (C=O) groups excluding carboxylic acids is 5. The Hall–Kier alpha value is -3.43. The molecule has 0 aromatic rings. The highest BCUT2D eigenvalue weighted by Gasteiger charge is 2.43. The number of hydrogen-bond donors (Lipinski definition) is 4. The molecule has 0 aliphatic carbocycles. The van der Waals surface area contributed by atoms with Crippen LogP contribution in [0.4, 0.5) is 4.79 Å². The van der Waals surface area contributed by atoms with Crippen LogP contribution >= 0.6 is 0 Å². The highest BCUT2D eigenvalue weighted by Crippen LogP contribution is 2.28. The molecule has 3 unspecified atom stereocenters. The maximum absolute atomic E-state index is 13.8. The molecule has 41 heavy (non-hydrogen) atoms. The summed E-state index contributed by atoms with van der Waals surface area (Å²) in [5.41, 5.74) is 2.01. The minimum absolute atomic E-state index is 0.0765. The third-order valence-corrected chi connectivity index (χ3v) is 6.51. The quantitative estimate of drug-likeness (QED) is 0.0753. The van der Waals surface area contributed by atoms with Gasteiger partial charge in [0, 0.05) is 13.1 Å². The Morgan fingerprint density at radius 2 is 1.83 bits per heavy atom. The number of nitrogens with one attached hydrogen (secondary N) is 4. The number of terminal acetylenes is 1. The smallest absolute Gasteiger partial charge is 0.329 e. The molecular weight excluding hydrogens is 530 g/mol. The summed E-state index contributed by atoms with van der Waals surface area (Å²) in [5.74, 6) is -0.492. The minimum Gasteiger partial charge on any atom is -0.451 e. The van der Waals surface area contributed by atoms with Gasteiger partial charge in [0.25, 0.3) is 5.91 Å². The fourth-order valence-electron chi connectivity index (χ4n) is 4.27. The second-order valence-electron chi connectivity index (χ2n) is 11.7. The number of rotatable bonds is 15. The molecule has 4 amide bonds. The second kappa shape index (κ2) is 16.7. The van der Waals surface area contributed by atoms with E-state index in [-0.39, 0.29) is 30.9 Å². The number of carbonyl (C=O) groups is 5. The van der Waals surface area contributed by atoms with Gasteiger partial charge in [-0.1, -0.05) is 66.9 Å².